The lowest BCUT2D eigenvalue weighted by atomic mass is 9.86. The highest BCUT2D eigenvalue weighted by molar-refractivity contribution is 5.43. The summed E-state index contributed by atoms with van der Waals surface area (Å²) in [4.78, 5) is 4.27. The molecule has 0 aliphatic carbocycles. The number of aromatic nitrogens is 2. The van der Waals surface area contributed by atoms with Crippen LogP contribution in [0.4, 0.5) is 4.39 Å². The second kappa shape index (κ2) is 4.46. The number of halogens is 1. The molecule has 1 unspecified atom stereocenters. The van der Waals surface area contributed by atoms with Gasteiger partial charge >= 0.3 is 0 Å². The van der Waals surface area contributed by atoms with Crippen molar-refractivity contribution in [3.05, 3.63) is 47.8 Å². The summed E-state index contributed by atoms with van der Waals surface area (Å²) >= 11 is 0. The van der Waals surface area contributed by atoms with E-state index >= 15 is 0 Å². The standard InChI is InChI=1S/C15H18FN3/c1-11-12(16)4-3-5-13(11)19-10-18-8-14(19)15(2)6-7-17-9-15/h3-5,8,10,17H,6-7,9H2,1-2H3. The van der Waals surface area contributed by atoms with Crippen molar-refractivity contribution in [2.75, 3.05) is 13.1 Å². The normalized spacial score (nSPS) is 22.9. The number of hydrogen-bond acceptors (Lipinski definition) is 2. The molecule has 1 fully saturated rings. The molecule has 1 N–H and O–H groups in total. The maximum Gasteiger partial charge on any atom is 0.128 e. The molecule has 1 aromatic heterocycles. The third-order valence-corrected chi connectivity index (χ3v) is 4.12. The molecule has 0 spiro atoms. The highest BCUT2D eigenvalue weighted by Crippen LogP contribution is 2.32. The van der Waals surface area contributed by atoms with E-state index in [-0.39, 0.29) is 11.2 Å². The van der Waals surface area contributed by atoms with Gasteiger partial charge < -0.3 is 9.88 Å². The lowest BCUT2D eigenvalue weighted by Gasteiger charge is -2.25. The predicted molar refractivity (Wildman–Crippen MR) is 73.1 cm³/mol. The second-order valence-corrected chi connectivity index (χ2v) is 5.52. The van der Waals surface area contributed by atoms with E-state index in [1.54, 1.807) is 12.4 Å². The Hall–Kier alpha value is -1.68. The minimum absolute atomic E-state index is 0.0647. The average Bonchev–Trinajstić information content (AvgIpc) is 3.02. The van der Waals surface area contributed by atoms with E-state index in [1.807, 2.05) is 23.8 Å². The van der Waals surface area contributed by atoms with Gasteiger partial charge in [0.25, 0.3) is 0 Å². The fraction of sp³-hybridized carbons (Fsp3) is 0.400. The minimum atomic E-state index is -0.174. The summed E-state index contributed by atoms with van der Waals surface area (Å²) in [5, 5.41) is 3.39. The van der Waals surface area contributed by atoms with Gasteiger partial charge in [-0.3, -0.25) is 0 Å². The highest BCUT2D eigenvalue weighted by atomic mass is 19.1. The number of imidazole rings is 1. The Morgan fingerprint density at radius 2 is 2.26 bits per heavy atom. The van der Waals surface area contributed by atoms with E-state index in [1.165, 1.54) is 6.07 Å². The van der Waals surface area contributed by atoms with Crippen LogP contribution in [0.5, 0.6) is 0 Å². The largest absolute Gasteiger partial charge is 0.316 e. The first-order valence-electron chi connectivity index (χ1n) is 6.61. The lowest BCUT2D eigenvalue weighted by molar-refractivity contribution is 0.498. The summed E-state index contributed by atoms with van der Waals surface area (Å²) in [6.45, 7) is 6.00. The van der Waals surface area contributed by atoms with Gasteiger partial charge in [-0.25, -0.2) is 9.37 Å². The Kier molecular flexibility index (Phi) is 2.90. The van der Waals surface area contributed by atoms with Gasteiger partial charge in [0.05, 0.1) is 12.0 Å². The van der Waals surface area contributed by atoms with Crippen molar-refractivity contribution in [3.63, 3.8) is 0 Å². The van der Waals surface area contributed by atoms with Crippen LogP contribution in [0.3, 0.4) is 0 Å². The fourth-order valence-corrected chi connectivity index (χ4v) is 2.83. The van der Waals surface area contributed by atoms with Crippen LogP contribution >= 0.6 is 0 Å². The van der Waals surface area contributed by atoms with E-state index in [4.69, 9.17) is 0 Å². The maximum absolute atomic E-state index is 13.7. The Morgan fingerprint density at radius 3 is 3.00 bits per heavy atom. The van der Waals surface area contributed by atoms with E-state index in [2.05, 4.69) is 17.2 Å². The Morgan fingerprint density at radius 1 is 1.42 bits per heavy atom. The van der Waals surface area contributed by atoms with Crippen LogP contribution in [-0.4, -0.2) is 22.6 Å². The van der Waals surface area contributed by atoms with Gasteiger partial charge in [-0.2, -0.15) is 0 Å². The zero-order chi connectivity index (χ0) is 13.5. The van der Waals surface area contributed by atoms with Gasteiger partial charge in [0.2, 0.25) is 0 Å². The van der Waals surface area contributed by atoms with Crippen molar-refractivity contribution in [1.29, 1.82) is 0 Å². The number of benzene rings is 1. The monoisotopic (exact) mass is 259 g/mol. The van der Waals surface area contributed by atoms with Gasteiger partial charge in [-0.05, 0) is 32.0 Å². The Balaban J connectivity index is 2.12. The maximum atomic E-state index is 13.7. The van der Waals surface area contributed by atoms with Crippen LogP contribution in [0.25, 0.3) is 5.69 Å². The molecule has 100 valence electrons. The molecule has 0 amide bonds. The smallest absolute Gasteiger partial charge is 0.128 e. The third-order valence-electron chi connectivity index (χ3n) is 4.12. The van der Waals surface area contributed by atoms with E-state index in [0.717, 1.165) is 30.9 Å². The van der Waals surface area contributed by atoms with Crippen LogP contribution in [0.15, 0.2) is 30.7 Å². The summed E-state index contributed by atoms with van der Waals surface area (Å²) in [6, 6.07) is 5.18. The van der Waals surface area contributed by atoms with Crippen molar-refractivity contribution in [1.82, 2.24) is 14.9 Å². The van der Waals surface area contributed by atoms with Crippen molar-refractivity contribution in [2.24, 2.45) is 0 Å². The van der Waals surface area contributed by atoms with Crippen molar-refractivity contribution < 1.29 is 4.39 Å². The molecule has 1 aromatic carbocycles. The van der Waals surface area contributed by atoms with Gasteiger partial charge in [-0.1, -0.05) is 13.0 Å². The van der Waals surface area contributed by atoms with E-state index in [0.29, 0.717) is 5.56 Å². The molecule has 2 heterocycles. The van der Waals surface area contributed by atoms with E-state index in [9.17, 15) is 4.39 Å². The molecule has 0 radical (unpaired) electrons. The summed E-state index contributed by atoms with van der Waals surface area (Å²) < 4.78 is 15.7. The van der Waals surface area contributed by atoms with Crippen LogP contribution in [0.2, 0.25) is 0 Å². The molecular formula is C15H18FN3. The summed E-state index contributed by atoms with van der Waals surface area (Å²) in [7, 11) is 0. The number of nitrogens with zero attached hydrogens (tertiary/aromatic N) is 2. The molecule has 4 heteroatoms. The van der Waals surface area contributed by atoms with Gasteiger partial charge in [0.1, 0.15) is 5.82 Å². The SMILES string of the molecule is Cc1c(F)cccc1-n1cncc1C1(C)CCNC1. The number of nitrogens with one attached hydrogen (secondary N) is 1. The molecule has 1 atom stereocenters. The van der Waals surface area contributed by atoms with Gasteiger partial charge in [-0.15, -0.1) is 0 Å². The third kappa shape index (κ3) is 1.96. The van der Waals surface area contributed by atoms with Gasteiger partial charge in [0.15, 0.2) is 0 Å². The highest BCUT2D eigenvalue weighted by Gasteiger charge is 2.33. The zero-order valence-corrected chi connectivity index (χ0v) is 11.3. The molecular weight excluding hydrogens is 241 g/mol. The quantitative estimate of drug-likeness (QED) is 0.898. The topological polar surface area (TPSA) is 29.9 Å². The molecule has 0 bridgehead atoms. The fourth-order valence-electron chi connectivity index (χ4n) is 2.83. The molecule has 1 aliphatic rings. The van der Waals surface area contributed by atoms with Crippen LogP contribution in [-0.2, 0) is 5.41 Å². The minimum Gasteiger partial charge on any atom is -0.316 e. The van der Waals surface area contributed by atoms with Crippen molar-refractivity contribution >= 4 is 0 Å². The first-order chi connectivity index (χ1) is 9.12. The van der Waals surface area contributed by atoms with Crippen molar-refractivity contribution in [3.8, 4) is 5.69 Å². The first-order valence-corrected chi connectivity index (χ1v) is 6.61. The van der Waals surface area contributed by atoms with Crippen LogP contribution in [0.1, 0.15) is 24.6 Å². The average molecular weight is 259 g/mol. The summed E-state index contributed by atoms with van der Waals surface area (Å²) in [6.07, 6.45) is 4.76. The molecule has 3 rings (SSSR count). The summed E-state index contributed by atoms with van der Waals surface area (Å²) in [5.74, 6) is -0.174. The molecule has 1 saturated heterocycles. The molecule has 2 aromatic rings. The Bertz CT molecular complexity index is 597. The van der Waals surface area contributed by atoms with Crippen molar-refractivity contribution in [2.45, 2.75) is 25.7 Å². The lowest BCUT2D eigenvalue weighted by Crippen LogP contribution is -2.27. The van der Waals surface area contributed by atoms with E-state index < -0.39 is 0 Å². The number of hydrogen-bond donors (Lipinski definition) is 1. The molecule has 3 nitrogen and oxygen atoms in total. The summed E-state index contributed by atoms with van der Waals surface area (Å²) in [5.41, 5.74) is 2.75. The molecule has 1 aliphatic heterocycles. The number of rotatable bonds is 2. The molecule has 0 saturated carbocycles. The van der Waals surface area contributed by atoms with Gasteiger partial charge in [0, 0.05) is 29.4 Å². The zero-order valence-electron chi connectivity index (χ0n) is 11.3. The Labute approximate surface area is 112 Å². The predicted octanol–water partition coefficient (Wildman–Crippen LogP) is 2.57. The first kappa shape index (κ1) is 12.4. The van der Waals surface area contributed by atoms with Crippen LogP contribution < -0.4 is 5.32 Å². The molecule has 19 heavy (non-hydrogen) atoms. The second-order valence-electron chi connectivity index (χ2n) is 5.52. The van der Waals surface area contributed by atoms with Crippen LogP contribution in [0, 0.1) is 12.7 Å².